The Morgan fingerprint density at radius 3 is 1.53 bits per heavy atom. The maximum Gasteiger partial charge on any atom is 0.303 e. The van der Waals surface area contributed by atoms with Crippen LogP contribution in [0.25, 0.3) is 0 Å². The first kappa shape index (κ1) is 19.2. The van der Waals surface area contributed by atoms with E-state index in [1.54, 1.807) is 12.2 Å². The number of rotatable bonds is 8. The van der Waals surface area contributed by atoms with Gasteiger partial charge >= 0.3 is 11.9 Å². The number of hydrogen-bond donors (Lipinski definition) is 2. The maximum atomic E-state index is 9.90. The van der Waals surface area contributed by atoms with Gasteiger partial charge in [-0.2, -0.15) is 0 Å². The van der Waals surface area contributed by atoms with Crippen LogP contribution in [0.3, 0.4) is 0 Å². The van der Waals surface area contributed by atoms with Crippen molar-refractivity contribution in [3.8, 4) is 0 Å². The Hall–Kier alpha value is -2.10. The topological polar surface area (TPSA) is 74.6 Å². The molecule has 0 bridgehead atoms. The molecule has 0 aliphatic carbocycles. The van der Waals surface area contributed by atoms with E-state index < -0.39 is 11.9 Å². The fourth-order valence-electron chi connectivity index (χ4n) is 1.04. The predicted octanol–water partition coefficient (Wildman–Crippen LogP) is 3.58. The predicted molar refractivity (Wildman–Crippen MR) is 77.0 cm³/mol. The van der Waals surface area contributed by atoms with Gasteiger partial charge in [-0.3, -0.25) is 9.59 Å². The minimum Gasteiger partial charge on any atom is -0.481 e. The summed E-state index contributed by atoms with van der Waals surface area (Å²) in [6, 6.07) is 0. The fourth-order valence-corrected chi connectivity index (χ4v) is 1.04. The molecular weight excluding hydrogens is 244 g/mol. The lowest BCUT2D eigenvalue weighted by atomic mass is 10.2. The number of carboxylic acid groups (broad SMARTS) is 2. The maximum absolute atomic E-state index is 9.90. The molecule has 0 aromatic rings. The van der Waals surface area contributed by atoms with Gasteiger partial charge in [0.1, 0.15) is 0 Å². The second-order valence-corrected chi connectivity index (χ2v) is 3.89. The molecule has 0 aliphatic rings. The van der Waals surface area contributed by atoms with Crippen molar-refractivity contribution in [1.29, 1.82) is 0 Å². The number of carboxylic acids is 2. The van der Waals surface area contributed by atoms with Crippen molar-refractivity contribution < 1.29 is 19.8 Å². The van der Waals surface area contributed by atoms with Crippen LogP contribution in [0.1, 0.15) is 32.6 Å². The van der Waals surface area contributed by atoms with E-state index >= 15 is 0 Å². The molecule has 0 fully saturated rings. The van der Waals surface area contributed by atoms with Gasteiger partial charge in [0.2, 0.25) is 0 Å². The lowest BCUT2D eigenvalue weighted by Crippen LogP contribution is -1.97. The van der Waals surface area contributed by atoms with Gasteiger partial charge < -0.3 is 10.2 Å². The van der Waals surface area contributed by atoms with Crippen LogP contribution in [-0.2, 0) is 9.59 Å². The van der Waals surface area contributed by atoms with Crippen LogP contribution in [-0.4, -0.2) is 22.2 Å². The number of carbonyl (C=O) groups is 2. The first-order chi connectivity index (χ1) is 8.83. The second-order valence-electron chi connectivity index (χ2n) is 3.89. The van der Waals surface area contributed by atoms with Gasteiger partial charge in [-0.25, -0.2) is 0 Å². The highest BCUT2D eigenvalue weighted by molar-refractivity contribution is 5.67. The van der Waals surface area contributed by atoms with Crippen LogP contribution in [0.2, 0.25) is 0 Å². The van der Waals surface area contributed by atoms with Crippen molar-refractivity contribution in [2.24, 2.45) is 0 Å². The third-order valence-electron chi connectivity index (χ3n) is 1.92. The van der Waals surface area contributed by atoms with Crippen molar-refractivity contribution in [2.45, 2.75) is 32.6 Å². The average Bonchev–Trinajstić information content (AvgIpc) is 2.31. The highest BCUT2D eigenvalue weighted by Gasteiger charge is 1.99. The molecule has 0 aliphatic heterocycles. The first-order valence-corrected chi connectivity index (χ1v) is 5.89. The van der Waals surface area contributed by atoms with Crippen LogP contribution in [0.15, 0.2) is 49.1 Å². The fraction of sp³-hybridized carbons (Fsp3) is 0.333. The molecule has 0 rings (SSSR count). The molecule has 0 amide bonds. The summed E-state index contributed by atoms with van der Waals surface area (Å²) >= 11 is 0. The zero-order valence-corrected chi connectivity index (χ0v) is 11.4. The van der Waals surface area contributed by atoms with Crippen LogP contribution < -0.4 is 0 Å². The zero-order valence-electron chi connectivity index (χ0n) is 11.4. The van der Waals surface area contributed by atoms with Crippen molar-refractivity contribution in [1.82, 2.24) is 0 Å². The van der Waals surface area contributed by atoms with Crippen molar-refractivity contribution in [2.75, 3.05) is 0 Å². The van der Waals surface area contributed by atoms with Crippen molar-refractivity contribution >= 4 is 11.9 Å². The van der Waals surface area contributed by atoms with E-state index in [0.29, 0.717) is 12.8 Å². The Balaban J connectivity index is 0. The minimum atomic E-state index is -0.870. The lowest BCUT2D eigenvalue weighted by molar-refractivity contribution is -0.139. The monoisotopic (exact) mass is 266 g/mol. The Labute approximate surface area is 114 Å². The summed E-state index contributed by atoms with van der Waals surface area (Å²) in [5.41, 5.74) is 2.03. The molecule has 0 atom stereocenters. The molecule has 0 aromatic heterocycles. The number of aliphatic carboxylic acids is 2. The van der Waals surface area contributed by atoms with Crippen LogP contribution in [0.4, 0.5) is 0 Å². The minimum absolute atomic E-state index is 0.0628. The van der Waals surface area contributed by atoms with Crippen molar-refractivity contribution in [3.05, 3.63) is 49.1 Å². The molecule has 0 aromatic carbocycles. The molecule has 106 valence electrons. The molecule has 19 heavy (non-hydrogen) atoms. The Bertz CT molecular complexity index is 338. The Morgan fingerprint density at radius 1 is 1.00 bits per heavy atom. The molecule has 2 N–H and O–H groups in total. The summed E-state index contributed by atoms with van der Waals surface area (Å²) in [7, 11) is 0. The highest BCUT2D eigenvalue weighted by Crippen LogP contribution is 2.01. The molecule has 0 radical (unpaired) electrons. The summed E-state index contributed by atoms with van der Waals surface area (Å²) < 4.78 is 0. The SMILES string of the molecule is C=CC(C=C)=CC(=C)C.O=C(O)CCCCC(=O)O. The molecular formula is C15H22O4. The average molecular weight is 266 g/mol. The van der Waals surface area contributed by atoms with E-state index in [-0.39, 0.29) is 12.8 Å². The van der Waals surface area contributed by atoms with Crippen LogP contribution >= 0.6 is 0 Å². The molecule has 0 saturated carbocycles. The van der Waals surface area contributed by atoms with Crippen LogP contribution in [0, 0.1) is 0 Å². The summed E-state index contributed by atoms with van der Waals surface area (Å²) in [6.45, 7) is 12.9. The van der Waals surface area contributed by atoms with Gasteiger partial charge in [0.15, 0.2) is 0 Å². The Morgan fingerprint density at radius 2 is 1.37 bits per heavy atom. The van der Waals surface area contributed by atoms with E-state index in [0.717, 1.165) is 11.1 Å². The van der Waals surface area contributed by atoms with E-state index in [9.17, 15) is 9.59 Å². The van der Waals surface area contributed by atoms with Gasteiger partial charge in [0, 0.05) is 12.8 Å². The zero-order chi connectivity index (χ0) is 15.3. The highest BCUT2D eigenvalue weighted by atomic mass is 16.4. The second kappa shape index (κ2) is 12.4. The number of allylic oxidation sites excluding steroid dienone is 5. The van der Waals surface area contributed by atoms with Gasteiger partial charge in [-0.05, 0) is 25.3 Å². The van der Waals surface area contributed by atoms with Gasteiger partial charge in [0.05, 0.1) is 0 Å². The van der Waals surface area contributed by atoms with Gasteiger partial charge in [-0.1, -0.05) is 43.5 Å². The van der Waals surface area contributed by atoms with E-state index in [2.05, 4.69) is 19.7 Å². The summed E-state index contributed by atoms with van der Waals surface area (Å²) in [4.78, 5) is 19.8. The van der Waals surface area contributed by atoms with E-state index in [1.807, 2.05) is 13.0 Å². The molecule has 0 unspecified atom stereocenters. The normalized spacial score (nSPS) is 8.47. The van der Waals surface area contributed by atoms with Crippen molar-refractivity contribution in [3.63, 3.8) is 0 Å². The first-order valence-electron chi connectivity index (χ1n) is 5.89. The summed E-state index contributed by atoms with van der Waals surface area (Å²) in [6.07, 6.45) is 6.45. The lowest BCUT2D eigenvalue weighted by Gasteiger charge is -1.92. The third-order valence-corrected chi connectivity index (χ3v) is 1.92. The molecule has 4 heteroatoms. The van der Waals surface area contributed by atoms with E-state index in [4.69, 9.17) is 10.2 Å². The van der Waals surface area contributed by atoms with Gasteiger partial charge in [-0.15, -0.1) is 0 Å². The molecule has 0 saturated heterocycles. The standard InChI is InChI=1S/C9H12.C6H10O4/c1-5-9(6-2)7-8(3)4;7-5(8)3-1-2-4-6(9)10/h5-7H,1-3H2,4H3;1-4H2,(H,7,8)(H,9,10). The number of hydrogen-bond acceptors (Lipinski definition) is 2. The molecule has 0 spiro atoms. The third kappa shape index (κ3) is 18.5. The quantitative estimate of drug-likeness (QED) is 0.520. The largest absolute Gasteiger partial charge is 0.481 e. The number of unbranched alkanes of at least 4 members (excludes halogenated alkanes) is 1. The Kier molecular flexibility index (Phi) is 12.5. The van der Waals surface area contributed by atoms with E-state index in [1.165, 1.54) is 0 Å². The van der Waals surface area contributed by atoms with Gasteiger partial charge in [0.25, 0.3) is 0 Å². The van der Waals surface area contributed by atoms with Crippen LogP contribution in [0.5, 0.6) is 0 Å². The smallest absolute Gasteiger partial charge is 0.303 e. The summed E-state index contributed by atoms with van der Waals surface area (Å²) in [5, 5.41) is 16.3. The molecule has 4 nitrogen and oxygen atoms in total. The molecule has 0 heterocycles. The summed E-state index contributed by atoms with van der Waals surface area (Å²) in [5.74, 6) is -1.74.